The number of nitrogens with zero attached hydrogens (tertiary/aromatic N) is 2. The zero-order valence-electron chi connectivity index (χ0n) is 11.1. The number of hydrogen-bond acceptors (Lipinski definition) is 4. The normalized spacial score (nSPS) is 16.8. The van der Waals surface area contributed by atoms with E-state index < -0.39 is 0 Å². The zero-order valence-corrected chi connectivity index (χ0v) is 11.1. The van der Waals surface area contributed by atoms with Crippen molar-refractivity contribution in [3.8, 4) is 0 Å². The maximum atomic E-state index is 12.0. The molecule has 1 aliphatic rings. The molecule has 5 nitrogen and oxygen atoms in total. The first-order valence-corrected chi connectivity index (χ1v) is 6.43. The van der Waals surface area contributed by atoms with Crippen molar-refractivity contribution in [2.24, 2.45) is 0 Å². The van der Waals surface area contributed by atoms with E-state index in [0.29, 0.717) is 5.69 Å². The van der Waals surface area contributed by atoms with Gasteiger partial charge in [-0.05, 0) is 19.1 Å². The van der Waals surface area contributed by atoms with Crippen LogP contribution in [0.3, 0.4) is 0 Å². The van der Waals surface area contributed by atoms with Crippen LogP contribution in [0.1, 0.15) is 17.4 Å². The molecule has 19 heavy (non-hydrogen) atoms. The molecule has 2 rings (SSSR count). The van der Waals surface area contributed by atoms with Gasteiger partial charge in [-0.3, -0.25) is 9.78 Å². The lowest BCUT2D eigenvalue weighted by atomic mass is 10.2. The summed E-state index contributed by atoms with van der Waals surface area (Å²) in [6, 6.07) is 3.66. The Morgan fingerprint density at radius 1 is 1.58 bits per heavy atom. The Balaban J connectivity index is 2.09. The minimum atomic E-state index is -0.178. The predicted molar refractivity (Wildman–Crippen MR) is 74.4 cm³/mol. The second-order valence-corrected chi connectivity index (χ2v) is 4.50. The van der Waals surface area contributed by atoms with E-state index in [-0.39, 0.29) is 11.9 Å². The van der Waals surface area contributed by atoms with Gasteiger partial charge in [0, 0.05) is 31.0 Å². The number of aromatic nitrogens is 1. The van der Waals surface area contributed by atoms with Crippen molar-refractivity contribution in [3.05, 3.63) is 36.7 Å². The molecule has 1 N–H and O–H groups in total. The van der Waals surface area contributed by atoms with Gasteiger partial charge < -0.3 is 15.0 Å². The third kappa shape index (κ3) is 3.54. The van der Waals surface area contributed by atoms with Gasteiger partial charge >= 0.3 is 0 Å². The van der Waals surface area contributed by atoms with Crippen LogP contribution in [-0.4, -0.2) is 43.2 Å². The molecule has 5 heteroatoms. The Kier molecular flexibility index (Phi) is 4.52. The lowest BCUT2D eigenvalue weighted by molar-refractivity contribution is 0.0942. The van der Waals surface area contributed by atoms with Crippen LogP contribution in [0, 0.1) is 0 Å². The average molecular weight is 261 g/mol. The quantitative estimate of drug-likeness (QED) is 0.828. The van der Waals surface area contributed by atoms with E-state index in [9.17, 15) is 4.79 Å². The summed E-state index contributed by atoms with van der Waals surface area (Å²) in [6.07, 6.45) is 3.35. The van der Waals surface area contributed by atoms with Gasteiger partial charge in [0.25, 0.3) is 5.91 Å². The van der Waals surface area contributed by atoms with Crippen molar-refractivity contribution in [1.29, 1.82) is 0 Å². The van der Waals surface area contributed by atoms with Crippen molar-refractivity contribution in [2.75, 3.05) is 31.2 Å². The number of carbonyl (C=O) groups is 1. The van der Waals surface area contributed by atoms with E-state index in [4.69, 9.17) is 4.74 Å². The molecule has 0 bridgehead atoms. The molecule has 1 aromatic heterocycles. The summed E-state index contributed by atoms with van der Waals surface area (Å²) >= 11 is 0. The first kappa shape index (κ1) is 13.5. The van der Waals surface area contributed by atoms with Gasteiger partial charge in [-0.25, -0.2) is 0 Å². The van der Waals surface area contributed by atoms with Gasteiger partial charge in [0.05, 0.1) is 13.2 Å². The molecule has 1 aromatic rings. The highest BCUT2D eigenvalue weighted by molar-refractivity contribution is 5.93. The minimum Gasteiger partial charge on any atom is -0.378 e. The Labute approximate surface area is 113 Å². The van der Waals surface area contributed by atoms with Gasteiger partial charge in [-0.15, -0.1) is 6.58 Å². The predicted octanol–water partition coefficient (Wildman–Crippen LogP) is 1.22. The molecule has 1 amide bonds. The van der Waals surface area contributed by atoms with Crippen LogP contribution in [0.15, 0.2) is 31.0 Å². The topological polar surface area (TPSA) is 54.5 Å². The number of carbonyl (C=O) groups excluding carboxylic acids is 1. The number of nitrogens with one attached hydrogen (secondary N) is 1. The molecule has 0 saturated carbocycles. The van der Waals surface area contributed by atoms with Crippen LogP contribution < -0.4 is 10.2 Å². The Morgan fingerprint density at radius 3 is 3.00 bits per heavy atom. The average Bonchev–Trinajstić information content (AvgIpc) is 2.48. The maximum Gasteiger partial charge on any atom is 0.270 e. The molecule has 0 radical (unpaired) electrons. The third-order valence-corrected chi connectivity index (χ3v) is 3.06. The number of pyridine rings is 1. The molecule has 0 unspecified atom stereocenters. The third-order valence-electron chi connectivity index (χ3n) is 3.06. The highest BCUT2D eigenvalue weighted by atomic mass is 16.5. The minimum absolute atomic E-state index is 0.0682. The summed E-state index contributed by atoms with van der Waals surface area (Å²) in [6.45, 7) is 8.63. The smallest absolute Gasteiger partial charge is 0.270 e. The first-order valence-electron chi connectivity index (χ1n) is 6.43. The van der Waals surface area contributed by atoms with E-state index in [1.54, 1.807) is 12.3 Å². The fourth-order valence-corrected chi connectivity index (χ4v) is 1.90. The van der Waals surface area contributed by atoms with Crippen LogP contribution in [0.25, 0.3) is 0 Å². The molecule has 0 aliphatic carbocycles. The number of morpholine rings is 1. The number of rotatable bonds is 4. The fraction of sp³-hybridized carbons (Fsp3) is 0.429. The second-order valence-electron chi connectivity index (χ2n) is 4.50. The number of hydrogen-bond donors (Lipinski definition) is 1. The molecule has 1 saturated heterocycles. The van der Waals surface area contributed by atoms with Crippen LogP contribution >= 0.6 is 0 Å². The number of ether oxygens (including phenoxy) is 1. The summed E-state index contributed by atoms with van der Waals surface area (Å²) in [5.74, 6) is -0.178. The van der Waals surface area contributed by atoms with Crippen molar-refractivity contribution in [1.82, 2.24) is 10.3 Å². The molecule has 1 aliphatic heterocycles. The van der Waals surface area contributed by atoms with E-state index in [1.165, 1.54) is 0 Å². The van der Waals surface area contributed by atoms with Gasteiger partial charge in [0.15, 0.2) is 0 Å². The highest BCUT2D eigenvalue weighted by Gasteiger charge is 2.14. The van der Waals surface area contributed by atoms with Crippen molar-refractivity contribution < 1.29 is 9.53 Å². The lowest BCUT2D eigenvalue weighted by Crippen LogP contribution is -2.36. The van der Waals surface area contributed by atoms with Crippen LogP contribution in [0.5, 0.6) is 0 Å². The summed E-state index contributed by atoms with van der Waals surface area (Å²) in [5, 5.41) is 2.81. The second kappa shape index (κ2) is 6.33. The lowest BCUT2D eigenvalue weighted by Gasteiger charge is -2.28. The van der Waals surface area contributed by atoms with E-state index in [1.807, 2.05) is 19.1 Å². The van der Waals surface area contributed by atoms with E-state index in [0.717, 1.165) is 32.0 Å². The van der Waals surface area contributed by atoms with E-state index >= 15 is 0 Å². The van der Waals surface area contributed by atoms with Gasteiger partial charge in [-0.2, -0.15) is 0 Å². The summed E-state index contributed by atoms with van der Waals surface area (Å²) in [7, 11) is 0. The summed E-state index contributed by atoms with van der Waals surface area (Å²) in [4.78, 5) is 18.3. The Morgan fingerprint density at radius 2 is 2.32 bits per heavy atom. The van der Waals surface area contributed by atoms with Crippen LogP contribution in [0.4, 0.5) is 5.69 Å². The molecular weight excluding hydrogens is 242 g/mol. The highest BCUT2D eigenvalue weighted by Crippen LogP contribution is 2.16. The molecule has 1 atom stereocenters. The van der Waals surface area contributed by atoms with E-state index in [2.05, 4.69) is 21.8 Å². The van der Waals surface area contributed by atoms with Gasteiger partial charge in [0.2, 0.25) is 0 Å². The molecule has 102 valence electrons. The van der Waals surface area contributed by atoms with Gasteiger partial charge in [0.1, 0.15) is 5.69 Å². The largest absolute Gasteiger partial charge is 0.378 e. The Hall–Kier alpha value is -1.88. The van der Waals surface area contributed by atoms with Crippen molar-refractivity contribution in [2.45, 2.75) is 13.0 Å². The molecule has 2 heterocycles. The monoisotopic (exact) mass is 261 g/mol. The van der Waals surface area contributed by atoms with Crippen LogP contribution in [-0.2, 0) is 4.74 Å². The Bertz CT molecular complexity index is 456. The number of anilines is 1. The van der Waals surface area contributed by atoms with Crippen molar-refractivity contribution in [3.63, 3.8) is 0 Å². The molecule has 0 aromatic carbocycles. The molecule has 1 fully saturated rings. The SMILES string of the molecule is C=C[C@@H](C)NC(=O)c1cc(N2CCOCC2)ccn1. The first-order chi connectivity index (χ1) is 9.20. The summed E-state index contributed by atoms with van der Waals surface area (Å²) < 4.78 is 5.32. The van der Waals surface area contributed by atoms with Crippen molar-refractivity contribution >= 4 is 11.6 Å². The van der Waals surface area contributed by atoms with Gasteiger partial charge in [-0.1, -0.05) is 6.08 Å². The fourth-order valence-electron chi connectivity index (χ4n) is 1.90. The number of amides is 1. The maximum absolute atomic E-state index is 12.0. The molecular formula is C14H19N3O2. The zero-order chi connectivity index (χ0) is 13.7. The standard InChI is InChI=1S/C14H19N3O2/c1-3-11(2)16-14(18)13-10-12(4-5-15-13)17-6-8-19-9-7-17/h3-5,10-11H,1,6-9H2,2H3,(H,16,18)/t11-/m1/s1. The molecule has 0 spiro atoms. The summed E-state index contributed by atoms with van der Waals surface area (Å²) in [5.41, 5.74) is 1.44. The van der Waals surface area contributed by atoms with Crippen LogP contribution in [0.2, 0.25) is 0 Å².